The van der Waals surface area contributed by atoms with Gasteiger partial charge >= 0.3 is 0 Å². The Kier molecular flexibility index (Phi) is 6.75. The maximum atomic E-state index is 10.3. The van der Waals surface area contributed by atoms with Gasteiger partial charge in [-0.05, 0) is 66.3 Å². The van der Waals surface area contributed by atoms with Crippen molar-refractivity contribution in [2.75, 3.05) is 0 Å². The number of phenols is 1. The average Bonchev–Trinajstić information content (AvgIpc) is 2.64. The molecule has 0 aromatic heterocycles. The average molecular weight is 369 g/mol. The highest BCUT2D eigenvalue weighted by Crippen LogP contribution is 2.40. The summed E-state index contributed by atoms with van der Waals surface area (Å²) in [6, 6.07) is 14.9. The molecule has 0 spiro atoms. The maximum absolute atomic E-state index is 10.3. The van der Waals surface area contributed by atoms with Crippen LogP contribution in [-0.4, -0.2) is 16.3 Å². The number of aromatic hydroxyl groups is 1. The van der Waals surface area contributed by atoms with Crippen LogP contribution in [-0.2, 0) is 11.8 Å². The lowest BCUT2D eigenvalue weighted by Crippen LogP contribution is -2.27. The molecule has 0 saturated carbocycles. The van der Waals surface area contributed by atoms with Crippen LogP contribution in [0.25, 0.3) is 0 Å². The molecule has 1 atom stereocenters. The third-order valence-electron chi connectivity index (χ3n) is 6.17. The van der Waals surface area contributed by atoms with Crippen LogP contribution in [0.15, 0.2) is 42.5 Å². The van der Waals surface area contributed by atoms with Gasteiger partial charge in [-0.1, -0.05) is 71.0 Å². The molecule has 2 nitrogen and oxygen atoms in total. The maximum Gasteiger partial charge on any atom is 0.118 e. The topological polar surface area (TPSA) is 40.5 Å². The molecule has 0 aliphatic rings. The predicted octanol–water partition coefficient (Wildman–Crippen LogP) is 6.15. The SMILES string of the molecule is CCC(CC)(c1ccc(CCC(O)C(C)(C)C)cc1)c1ccc(O)c(C)c1. The number of aliphatic hydroxyl groups is 1. The number of benzene rings is 2. The Hall–Kier alpha value is -1.80. The fourth-order valence-electron chi connectivity index (χ4n) is 3.91. The Morgan fingerprint density at radius 1 is 0.889 bits per heavy atom. The summed E-state index contributed by atoms with van der Waals surface area (Å²) in [5, 5.41) is 20.2. The molecule has 2 rings (SSSR count). The molecular weight excluding hydrogens is 332 g/mol. The van der Waals surface area contributed by atoms with E-state index in [2.05, 4.69) is 71.0 Å². The molecule has 0 aliphatic carbocycles. The lowest BCUT2D eigenvalue weighted by molar-refractivity contribution is 0.0560. The van der Waals surface area contributed by atoms with Gasteiger partial charge in [0.25, 0.3) is 0 Å². The molecule has 0 aliphatic heterocycles. The Labute approximate surface area is 165 Å². The summed E-state index contributed by atoms with van der Waals surface area (Å²) >= 11 is 0. The second-order valence-corrected chi connectivity index (χ2v) is 8.91. The van der Waals surface area contributed by atoms with Gasteiger partial charge in [-0.25, -0.2) is 0 Å². The minimum absolute atomic E-state index is 0.0398. The summed E-state index contributed by atoms with van der Waals surface area (Å²) in [6.45, 7) is 12.7. The lowest BCUT2D eigenvalue weighted by Gasteiger charge is -2.34. The van der Waals surface area contributed by atoms with Crippen molar-refractivity contribution in [1.29, 1.82) is 0 Å². The minimum atomic E-state index is -0.289. The smallest absolute Gasteiger partial charge is 0.118 e. The molecule has 0 amide bonds. The van der Waals surface area contributed by atoms with Gasteiger partial charge in [0.15, 0.2) is 0 Å². The summed E-state index contributed by atoms with van der Waals surface area (Å²) < 4.78 is 0. The molecule has 27 heavy (non-hydrogen) atoms. The van der Waals surface area contributed by atoms with Crippen LogP contribution in [0.5, 0.6) is 5.75 Å². The van der Waals surface area contributed by atoms with Gasteiger partial charge in [-0.2, -0.15) is 0 Å². The first-order valence-corrected chi connectivity index (χ1v) is 10.2. The van der Waals surface area contributed by atoms with Gasteiger partial charge < -0.3 is 10.2 Å². The van der Waals surface area contributed by atoms with Crippen molar-refractivity contribution < 1.29 is 10.2 Å². The highest BCUT2D eigenvalue weighted by atomic mass is 16.3. The van der Waals surface area contributed by atoms with E-state index in [9.17, 15) is 10.2 Å². The second kappa shape index (κ2) is 8.48. The summed E-state index contributed by atoms with van der Waals surface area (Å²) in [5.74, 6) is 0.354. The van der Waals surface area contributed by atoms with Crippen LogP contribution < -0.4 is 0 Å². The highest BCUT2D eigenvalue weighted by Gasteiger charge is 2.31. The minimum Gasteiger partial charge on any atom is -0.508 e. The van der Waals surface area contributed by atoms with Crippen LogP contribution >= 0.6 is 0 Å². The first-order valence-electron chi connectivity index (χ1n) is 10.2. The fourth-order valence-corrected chi connectivity index (χ4v) is 3.91. The van der Waals surface area contributed by atoms with Crippen molar-refractivity contribution in [2.24, 2.45) is 5.41 Å². The Bertz CT molecular complexity index is 734. The van der Waals surface area contributed by atoms with E-state index >= 15 is 0 Å². The Morgan fingerprint density at radius 2 is 1.44 bits per heavy atom. The number of aryl methyl sites for hydroxylation is 2. The summed E-state index contributed by atoms with van der Waals surface area (Å²) in [7, 11) is 0. The van der Waals surface area contributed by atoms with Gasteiger partial charge in [0, 0.05) is 5.41 Å². The molecule has 0 heterocycles. The first kappa shape index (κ1) is 21.5. The first-order chi connectivity index (χ1) is 12.6. The predicted molar refractivity (Wildman–Crippen MR) is 114 cm³/mol. The monoisotopic (exact) mass is 368 g/mol. The zero-order chi connectivity index (χ0) is 20.2. The summed E-state index contributed by atoms with van der Waals surface area (Å²) in [4.78, 5) is 0. The largest absolute Gasteiger partial charge is 0.508 e. The van der Waals surface area contributed by atoms with Crippen molar-refractivity contribution in [3.05, 3.63) is 64.7 Å². The normalized spacial score (nSPS) is 13.6. The van der Waals surface area contributed by atoms with E-state index in [1.807, 2.05) is 13.0 Å². The number of phenolic OH excluding ortho intramolecular Hbond substituents is 1. The Balaban J connectivity index is 2.27. The third kappa shape index (κ3) is 4.73. The highest BCUT2D eigenvalue weighted by molar-refractivity contribution is 5.45. The second-order valence-electron chi connectivity index (χ2n) is 8.91. The van der Waals surface area contributed by atoms with E-state index in [4.69, 9.17) is 0 Å². The van der Waals surface area contributed by atoms with Gasteiger partial charge in [-0.3, -0.25) is 0 Å². The van der Waals surface area contributed by atoms with E-state index in [1.54, 1.807) is 0 Å². The van der Waals surface area contributed by atoms with E-state index in [0.29, 0.717) is 5.75 Å². The van der Waals surface area contributed by atoms with Crippen LogP contribution in [0.2, 0.25) is 0 Å². The van der Waals surface area contributed by atoms with E-state index in [0.717, 1.165) is 31.2 Å². The van der Waals surface area contributed by atoms with Crippen molar-refractivity contribution in [1.82, 2.24) is 0 Å². The molecule has 2 aromatic carbocycles. The molecule has 2 heteroatoms. The fraction of sp³-hybridized carbons (Fsp3) is 0.520. The van der Waals surface area contributed by atoms with Gasteiger partial charge in [0.1, 0.15) is 5.75 Å². The summed E-state index contributed by atoms with van der Waals surface area (Å²) in [6.07, 6.45) is 3.41. The van der Waals surface area contributed by atoms with Gasteiger partial charge in [-0.15, -0.1) is 0 Å². The molecule has 0 saturated heterocycles. The molecule has 2 aromatic rings. The number of aliphatic hydroxyl groups excluding tert-OH is 1. The molecule has 0 bridgehead atoms. The third-order valence-corrected chi connectivity index (χ3v) is 6.17. The van der Waals surface area contributed by atoms with Crippen molar-refractivity contribution in [3.63, 3.8) is 0 Å². The van der Waals surface area contributed by atoms with Crippen LogP contribution in [0, 0.1) is 12.3 Å². The van der Waals surface area contributed by atoms with E-state index in [1.165, 1.54) is 16.7 Å². The van der Waals surface area contributed by atoms with Crippen molar-refractivity contribution in [2.45, 2.75) is 78.7 Å². The van der Waals surface area contributed by atoms with Crippen LogP contribution in [0.4, 0.5) is 0 Å². The number of hydrogen-bond donors (Lipinski definition) is 2. The van der Waals surface area contributed by atoms with Crippen LogP contribution in [0.1, 0.15) is 76.1 Å². The zero-order valence-corrected chi connectivity index (χ0v) is 17.8. The number of rotatable bonds is 7. The van der Waals surface area contributed by atoms with E-state index in [-0.39, 0.29) is 16.9 Å². The van der Waals surface area contributed by atoms with E-state index < -0.39 is 0 Å². The molecule has 0 fully saturated rings. The van der Waals surface area contributed by atoms with Gasteiger partial charge in [0.2, 0.25) is 0 Å². The van der Waals surface area contributed by atoms with Gasteiger partial charge in [0.05, 0.1) is 6.10 Å². The standard InChI is InChI=1S/C25H36O2/c1-7-25(8-2,21-14-15-22(26)18(3)17-21)20-12-9-19(10-13-20)11-16-23(27)24(4,5)6/h9-10,12-15,17,23,26-27H,7-8,11,16H2,1-6H3. The number of hydrogen-bond acceptors (Lipinski definition) is 2. The molecular formula is C25H36O2. The lowest BCUT2D eigenvalue weighted by atomic mass is 9.70. The van der Waals surface area contributed by atoms with Crippen molar-refractivity contribution >= 4 is 0 Å². The molecule has 0 radical (unpaired) electrons. The van der Waals surface area contributed by atoms with Crippen LogP contribution in [0.3, 0.4) is 0 Å². The summed E-state index contributed by atoms with van der Waals surface area (Å²) in [5.41, 5.74) is 4.66. The molecule has 148 valence electrons. The van der Waals surface area contributed by atoms with Crippen molar-refractivity contribution in [3.8, 4) is 5.75 Å². The molecule has 2 N–H and O–H groups in total. The quantitative estimate of drug-likeness (QED) is 0.615. The zero-order valence-electron chi connectivity index (χ0n) is 17.8. The Morgan fingerprint density at radius 3 is 1.93 bits per heavy atom. The molecule has 1 unspecified atom stereocenters.